The topological polar surface area (TPSA) is 60.9 Å². The first-order chi connectivity index (χ1) is 9.63. The Kier molecular flexibility index (Phi) is 4.61. The molecule has 1 heterocycles. The average molecular weight is 276 g/mol. The van der Waals surface area contributed by atoms with Crippen molar-refractivity contribution in [2.45, 2.75) is 32.4 Å². The summed E-state index contributed by atoms with van der Waals surface area (Å²) in [4.78, 5) is 26.8. The van der Waals surface area contributed by atoms with Crippen LogP contribution in [0.5, 0.6) is 0 Å². The fourth-order valence-corrected chi connectivity index (χ4v) is 2.55. The molecule has 5 nitrogen and oxygen atoms in total. The van der Waals surface area contributed by atoms with E-state index in [9.17, 15) is 9.59 Å². The Morgan fingerprint density at radius 3 is 2.65 bits per heavy atom. The van der Waals surface area contributed by atoms with Crippen molar-refractivity contribution >= 4 is 12.0 Å². The van der Waals surface area contributed by atoms with Crippen molar-refractivity contribution in [3.8, 4) is 0 Å². The number of urea groups is 1. The van der Waals surface area contributed by atoms with E-state index >= 15 is 0 Å². The van der Waals surface area contributed by atoms with Crippen LogP contribution in [0.1, 0.15) is 25.3 Å². The van der Waals surface area contributed by atoms with Gasteiger partial charge in [0.2, 0.25) is 0 Å². The third-order valence-corrected chi connectivity index (χ3v) is 3.65. The zero-order valence-electron chi connectivity index (χ0n) is 11.7. The number of carbonyl (C=O) groups is 2. The maximum atomic E-state index is 12.5. The maximum absolute atomic E-state index is 12.5. The summed E-state index contributed by atoms with van der Waals surface area (Å²) >= 11 is 0. The smallest absolute Gasteiger partial charge is 0.326 e. The highest BCUT2D eigenvalue weighted by Gasteiger charge is 2.35. The lowest BCUT2D eigenvalue weighted by molar-refractivity contribution is -0.141. The van der Waals surface area contributed by atoms with Crippen LogP contribution in [0.25, 0.3) is 0 Å². The fourth-order valence-electron chi connectivity index (χ4n) is 2.55. The minimum Gasteiger partial charge on any atom is -0.480 e. The quantitative estimate of drug-likeness (QED) is 0.917. The van der Waals surface area contributed by atoms with Gasteiger partial charge in [0.1, 0.15) is 6.04 Å². The van der Waals surface area contributed by atoms with E-state index in [-0.39, 0.29) is 6.03 Å². The monoisotopic (exact) mass is 276 g/mol. The van der Waals surface area contributed by atoms with Gasteiger partial charge in [0.05, 0.1) is 0 Å². The van der Waals surface area contributed by atoms with Crippen LogP contribution in [-0.2, 0) is 11.3 Å². The normalized spacial score (nSPS) is 18.1. The van der Waals surface area contributed by atoms with E-state index in [4.69, 9.17) is 5.11 Å². The lowest BCUT2D eigenvalue weighted by atomic mass is 10.2. The number of carboxylic acid groups (broad SMARTS) is 1. The maximum Gasteiger partial charge on any atom is 0.326 e. The molecule has 20 heavy (non-hydrogen) atoms. The molecule has 0 spiro atoms. The first-order valence-corrected chi connectivity index (χ1v) is 6.95. The summed E-state index contributed by atoms with van der Waals surface area (Å²) in [5, 5.41) is 9.16. The molecule has 0 aliphatic carbocycles. The standard InChI is InChI=1S/C15H20N2O3/c1-2-16(11-12-7-4-3-5-8-12)15(20)17-10-6-9-13(17)14(18)19/h3-5,7-8,13H,2,6,9-11H2,1H3,(H,18,19)/t13-/m0/s1. The number of nitrogens with zero attached hydrogens (tertiary/aromatic N) is 2. The second kappa shape index (κ2) is 6.41. The molecular formula is C15H20N2O3. The summed E-state index contributed by atoms with van der Waals surface area (Å²) in [7, 11) is 0. The Labute approximate surface area is 118 Å². The van der Waals surface area contributed by atoms with Crippen LogP contribution in [0.3, 0.4) is 0 Å². The van der Waals surface area contributed by atoms with Crippen molar-refractivity contribution in [2.75, 3.05) is 13.1 Å². The second-order valence-electron chi connectivity index (χ2n) is 4.97. The number of hydrogen-bond acceptors (Lipinski definition) is 2. The molecule has 0 unspecified atom stereocenters. The Balaban J connectivity index is 2.07. The Morgan fingerprint density at radius 1 is 1.35 bits per heavy atom. The number of carbonyl (C=O) groups excluding carboxylic acids is 1. The van der Waals surface area contributed by atoms with Crippen LogP contribution in [-0.4, -0.2) is 46.0 Å². The van der Waals surface area contributed by atoms with Crippen molar-refractivity contribution in [1.29, 1.82) is 0 Å². The summed E-state index contributed by atoms with van der Waals surface area (Å²) < 4.78 is 0. The SMILES string of the molecule is CCN(Cc1ccccc1)C(=O)N1CCC[C@H]1C(=O)O. The molecule has 0 bridgehead atoms. The Bertz CT molecular complexity index is 475. The van der Waals surface area contributed by atoms with E-state index in [0.717, 1.165) is 12.0 Å². The zero-order valence-corrected chi connectivity index (χ0v) is 11.7. The summed E-state index contributed by atoms with van der Waals surface area (Å²) in [5.41, 5.74) is 1.05. The number of aliphatic carboxylic acids is 1. The molecule has 1 aliphatic rings. The van der Waals surface area contributed by atoms with Crippen LogP contribution in [0.4, 0.5) is 4.79 Å². The molecule has 0 radical (unpaired) electrons. The van der Waals surface area contributed by atoms with E-state index in [1.807, 2.05) is 37.3 Å². The van der Waals surface area contributed by atoms with E-state index in [1.54, 1.807) is 4.90 Å². The van der Waals surface area contributed by atoms with E-state index in [0.29, 0.717) is 26.1 Å². The number of amides is 2. The fraction of sp³-hybridized carbons (Fsp3) is 0.467. The Hall–Kier alpha value is -2.04. The van der Waals surface area contributed by atoms with Gasteiger partial charge in [-0.05, 0) is 25.3 Å². The van der Waals surface area contributed by atoms with Crippen molar-refractivity contribution in [3.63, 3.8) is 0 Å². The van der Waals surface area contributed by atoms with Crippen LogP contribution < -0.4 is 0 Å². The molecule has 5 heteroatoms. The minimum absolute atomic E-state index is 0.179. The highest BCUT2D eigenvalue weighted by molar-refractivity contribution is 5.83. The van der Waals surface area contributed by atoms with Gasteiger partial charge in [-0.15, -0.1) is 0 Å². The van der Waals surface area contributed by atoms with Gasteiger partial charge >= 0.3 is 12.0 Å². The number of likely N-dealkylation sites (tertiary alicyclic amines) is 1. The van der Waals surface area contributed by atoms with Crippen LogP contribution >= 0.6 is 0 Å². The lowest BCUT2D eigenvalue weighted by Crippen LogP contribution is -2.47. The van der Waals surface area contributed by atoms with Gasteiger partial charge in [0.15, 0.2) is 0 Å². The highest BCUT2D eigenvalue weighted by Crippen LogP contribution is 2.20. The first-order valence-electron chi connectivity index (χ1n) is 6.95. The molecule has 1 aliphatic heterocycles. The second-order valence-corrected chi connectivity index (χ2v) is 4.97. The average Bonchev–Trinajstić information content (AvgIpc) is 2.94. The molecule has 1 N–H and O–H groups in total. The zero-order chi connectivity index (χ0) is 14.5. The molecule has 1 atom stereocenters. The molecule has 1 fully saturated rings. The van der Waals surface area contributed by atoms with Crippen molar-refractivity contribution < 1.29 is 14.7 Å². The summed E-state index contributed by atoms with van der Waals surface area (Å²) in [6.45, 7) is 3.52. The number of rotatable bonds is 4. The molecule has 2 amide bonds. The van der Waals surface area contributed by atoms with Crippen molar-refractivity contribution in [1.82, 2.24) is 9.80 Å². The molecule has 1 saturated heterocycles. The molecule has 0 saturated carbocycles. The van der Waals surface area contributed by atoms with E-state index in [1.165, 1.54) is 4.90 Å². The van der Waals surface area contributed by atoms with Gasteiger partial charge in [-0.3, -0.25) is 0 Å². The number of carboxylic acids is 1. The summed E-state index contributed by atoms with van der Waals surface area (Å²) in [6.07, 6.45) is 1.30. The third-order valence-electron chi connectivity index (χ3n) is 3.65. The van der Waals surface area contributed by atoms with Gasteiger partial charge < -0.3 is 14.9 Å². The predicted octanol–water partition coefficient (Wildman–Crippen LogP) is 2.18. The van der Waals surface area contributed by atoms with Gasteiger partial charge in [-0.2, -0.15) is 0 Å². The molecule has 1 aromatic rings. The third kappa shape index (κ3) is 3.10. The van der Waals surface area contributed by atoms with E-state index in [2.05, 4.69) is 0 Å². The molecule has 0 aromatic heterocycles. The minimum atomic E-state index is -0.911. The number of benzene rings is 1. The van der Waals surface area contributed by atoms with Gasteiger partial charge in [0.25, 0.3) is 0 Å². The van der Waals surface area contributed by atoms with Crippen molar-refractivity contribution in [3.05, 3.63) is 35.9 Å². The summed E-state index contributed by atoms with van der Waals surface area (Å²) in [5.74, 6) is -0.911. The summed E-state index contributed by atoms with van der Waals surface area (Å²) in [6, 6.07) is 8.88. The molecule has 1 aromatic carbocycles. The number of hydrogen-bond donors (Lipinski definition) is 1. The molecular weight excluding hydrogens is 256 g/mol. The van der Waals surface area contributed by atoms with Gasteiger partial charge in [-0.25, -0.2) is 9.59 Å². The Morgan fingerprint density at radius 2 is 2.05 bits per heavy atom. The van der Waals surface area contributed by atoms with Crippen LogP contribution in [0.15, 0.2) is 30.3 Å². The highest BCUT2D eigenvalue weighted by atomic mass is 16.4. The predicted molar refractivity (Wildman–Crippen MR) is 75.3 cm³/mol. The largest absolute Gasteiger partial charge is 0.480 e. The lowest BCUT2D eigenvalue weighted by Gasteiger charge is -2.29. The van der Waals surface area contributed by atoms with Crippen LogP contribution in [0, 0.1) is 0 Å². The molecule has 108 valence electrons. The van der Waals surface area contributed by atoms with Crippen LogP contribution in [0.2, 0.25) is 0 Å². The molecule has 2 rings (SSSR count). The van der Waals surface area contributed by atoms with Crippen molar-refractivity contribution in [2.24, 2.45) is 0 Å². The van der Waals surface area contributed by atoms with Gasteiger partial charge in [0, 0.05) is 19.6 Å². The van der Waals surface area contributed by atoms with Gasteiger partial charge in [-0.1, -0.05) is 30.3 Å². The van der Waals surface area contributed by atoms with E-state index < -0.39 is 12.0 Å². The first kappa shape index (κ1) is 14.4.